The van der Waals surface area contributed by atoms with E-state index in [0.717, 1.165) is 22.3 Å². The highest BCUT2D eigenvalue weighted by molar-refractivity contribution is 7.94. The first-order valence-electron chi connectivity index (χ1n) is 13.1. The van der Waals surface area contributed by atoms with Crippen LogP contribution in [0.1, 0.15) is 11.1 Å². The van der Waals surface area contributed by atoms with Crippen molar-refractivity contribution < 1.29 is 4.79 Å². The van der Waals surface area contributed by atoms with Gasteiger partial charge in [0.2, 0.25) is 0 Å². The monoisotopic (exact) mass is 518 g/mol. The highest BCUT2D eigenvalue weighted by Gasteiger charge is 2.27. The van der Waals surface area contributed by atoms with Gasteiger partial charge in [0.05, 0.1) is 0 Å². The molecule has 0 unspecified atom stereocenters. The predicted molar refractivity (Wildman–Crippen MR) is 168 cm³/mol. The molecule has 0 heterocycles. The van der Waals surface area contributed by atoms with E-state index in [1.54, 1.807) is 6.08 Å². The lowest BCUT2D eigenvalue weighted by atomic mass is 9.87. The number of hydrogen-bond acceptors (Lipinski definition) is 1. The molecule has 5 aromatic carbocycles. The van der Waals surface area contributed by atoms with Crippen molar-refractivity contribution in [1.82, 2.24) is 0 Å². The summed E-state index contributed by atoms with van der Waals surface area (Å²) in [6, 6.07) is 52.1. The Labute approximate surface area is 230 Å². The van der Waals surface area contributed by atoms with Crippen molar-refractivity contribution in [3.8, 4) is 0 Å². The van der Waals surface area contributed by atoms with Crippen molar-refractivity contribution >= 4 is 45.2 Å². The molecular formula is C37H27OP. The van der Waals surface area contributed by atoms with E-state index in [4.69, 9.17) is 0 Å². The summed E-state index contributed by atoms with van der Waals surface area (Å²) in [6.07, 6.45) is 3.83. The van der Waals surface area contributed by atoms with Crippen molar-refractivity contribution in [3.63, 3.8) is 0 Å². The minimum absolute atomic E-state index is 0.00803. The Balaban J connectivity index is 1.80. The van der Waals surface area contributed by atoms with E-state index < -0.39 is 6.89 Å². The fourth-order valence-electron chi connectivity index (χ4n) is 5.15. The Morgan fingerprint density at radius 2 is 0.769 bits per heavy atom. The van der Waals surface area contributed by atoms with Gasteiger partial charge in [0.1, 0.15) is 0 Å². The number of ketones is 1. The molecule has 0 fully saturated rings. The van der Waals surface area contributed by atoms with Gasteiger partial charge >= 0.3 is 0 Å². The highest BCUT2D eigenvalue weighted by Crippen LogP contribution is 2.44. The third-order valence-electron chi connectivity index (χ3n) is 7.01. The molecule has 0 atom stereocenters. The lowest BCUT2D eigenvalue weighted by Crippen LogP contribution is -2.26. The fraction of sp³-hybridized carbons (Fsp3) is 0. The molecule has 1 aliphatic rings. The molecule has 0 radical (unpaired) electrons. The van der Waals surface area contributed by atoms with Gasteiger partial charge in [0.25, 0.3) is 0 Å². The molecule has 0 N–H and O–H groups in total. The molecule has 0 aromatic heterocycles. The number of allylic oxidation sites excluding steroid dienone is 5. The summed E-state index contributed by atoms with van der Waals surface area (Å²) in [5.41, 5.74) is 8.55. The minimum Gasteiger partial charge on any atom is -0.289 e. The number of carbonyl (C=O) groups is 1. The molecule has 0 aliphatic heterocycles. The fourth-order valence-corrected chi connectivity index (χ4v) is 8.83. The normalized spacial score (nSPS) is 13.3. The van der Waals surface area contributed by atoms with Crippen LogP contribution >= 0.6 is 6.89 Å². The summed E-state index contributed by atoms with van der Waals surface area (Å²) in [6.45, 7) is -2.40. The van der Waals surface area contributed by atoms with E-state index in [2.05, 4.69) is 109 Å². The van der Waals surface area contributed by atoms with Gasteiger partial charge in [-0.05, 0) is 39.2 Å². The first-order chi connectivity index (χ1) is 19.3. The summed E-state index contributed by atoms with van der Waals surface area (Å²) in [5.74, 6) is 0.00803. The lowest BCUT2D eigenvalue weighted by molar-refractivity contribution is -0.109. The molecule has 0 bridgehead atoms. The predicted octanol–water partition coefficient (Wildman–Crippen LogP) is 7.06. The summed E-state index contributed by atoms with van der Waals surface area (Å²) in [5, 5.41) is 3.65. The van der Waals surface area contributed by atoms with Gasteiger partial charge < -0.3 is 0 Å². The topological polar surface area (TPSA) is 17.1 Å². The van der Waals surface area contributed by atoms with Crippen LogP contribution in [0.2, 0.25) is 0 Å². The summed E-state index contributed by atoms with van der Waals surface area (Å²) in [4.78, 5) is 13.5. The van der Waals surface area contributed by atoms with E-state index in [1.807, 2.05) is 54.6 Å². The van der Waals surface area contributed by atoms with Crippen LogP contribution in [-0.2, 0) is 4.79 Å². The molecule has 2 heteroatoms. The van der Waals surface area contributed by atoms with Gasteiger partial charge in [-0.15, -0.1) is 5.45 Å². The molecule has 5 aromatic rings. The Kier molecular flexibility index (Phi) is 6.94. The van der Waals surface area contributed by atoms with Crippen LogP contribution in [0.5, 0.6) is 0 Å². The van der Waals surface area contributed by atoms with Gasteiger partial charge in [-0.2, -0.15) is 0 Å². The third-order valence-corrected chi connectivity index (χ3v) is 10.8. The zero-order valence-electron chi connectivity index (χ0n) is 21.4. The van der Waals surface area contributed by atoms with E-state index in [0.29, 0.717) is 5.57 Å². The minimum atomic E-state index is -2.40. The zero-order chi connectivity index (χ0) is 26.5. The van der Waals surface area contributed by atoms with Crippen LogP contribution in [0.25, 0.3) is 11.1 Å². The lowest BCUT2D eigenvalue weighted by Gasteiger charge is -2.27. The number of rotatable bonds is 5. The summed E-state index contributed by atoms with van der Waals surface area (Å²) >= 11 is 0. The Bertz CT molecular complexity index is 1660. The Morgan fingerprint density at radius 1 is 0.410 bits per heavy atom. The van der Waals surface area contributed by atoms with Gasteiger partial charge in [-0.3, -0.25) is 4.79 Å². The maximum Gasteiger partial charge on any atom is 0.187 e. The van der Waals surface area contributed by atoms with Gasteiger partial charge in [0.15, 0.2) is 5.78 Å². The van der Waals surface area contributed by atoms with E-state index in [-0.39, 0.29) is 5.78 Å². The number of hydrogen-bond donors (Lipinski definition) is 0. The Morgan fingerprint density at radius 3 is 1.18 bits per heavy atom. The van der Waals surface area contributed by atoms with Crippen molar-refractivity contribution in [2.75, 3.05) is 0 Å². The summed E-state index contributed by atoms with van der Waals surface area (Å²) in [7, 11) is 0. The highest BCUT2D eigenvalue weighted by atomic mass is 31.2. The molecule has 1 nitrogen and oxygen atoms in total. The first-order valence-corrected chi connectivity index (χ1v) is 14.8. The van der Waals surface area contributed by atoms with Crippen molar-refractivity contribution in [3.05, 3.63) is 181 Å². The third kappa shape index (κ3) is 4.83. The average molecular weight is 519 g/mol. The van der Waals surface area contributed by atoms with E-state index in [1.165, 1.54) is 15.9 Å². The second-order valence-corrected chi connectivity index (χ2v) is 12.5. The molecule has 6 rings (SSSR count). The smallest absolute Gasteiger partial charge is 0.187 e. The largest absolute Gasteiger partial charge is 0.289 e. The first kappa shape index (κ1) is 24.7. The van der Waals surface area contributed by atoms with Crippen LogP contribution in [0.3, 0.4) is 0 Å². The molecule has 0 spiro atoms. The summed E-state index contributed by atoms with van der Waals surface area (Å²) < 4.78 is 0. The second-order valence-electron chi connectivity index (χ2n) is 9.42. The van der Waals surface area contributed by atoms with Crippen molar-refractivity contribution in [2.45, 2.75) is 0 Å². The molecule has 39 heavy (non-hydrogen) atoms. The molecule has 1 aliphatic carbocycles. The Hall–Kier alpha value is -4.67. The number of carbonyl (C=O) groups excluding carboxylic acids is 1. The molecule has 0 saturated carbocycles. The quantitative estimate of drug-likeness (QED) is 0.228. The van der Waals surface area contributed by atoms with Gasteiger partial charge in [-0.1, -0.05) is 152 Å². The van der Waals surface area contributed by atoms with E-state index in [9.17, 15) is 4.79 Å². The van der Waals surface area contributed by atoms with Crippen LogP contribution in [0.4, 0.5) is 0 Å². The average Bonchev–Trinajstić information content (AvgIpc) is 3.02. The van der Waals surface area contributed by atoms with Crippen LogP contribution in [0.15, 0.2) is 169 Å². The molecule has 0 amide bonds. The van der Waals surface area contributed by atoms with Crippen molar-refractivity contribution in [2.24, 2.45) is 0 Å². The molecule has 186 valence electrons. The van der Waals surface area contributed by atoms with Crippen molar-refractivity contribution in [1.29, 1.82) is 0 Å². The van der Waals surface area contributed by atoms with Crippen LogP contribution in [-0.4, -0.2) is 11.2 Å². The van der Waals surface area contributed by atoms with E-state index >= 15 is 0 Å². The standard InChI is InChI=1S/C37H27OP/c38-37-27-35(29-16-6-1-7-17-29)31(26-36(37)30-18-8-2-9-19-30)28-39(32-20-10-3-11-21-32,33-22-12-4-13-23-33)34-24-14-5-15-25-34/h1-27H. The van der Waals surface area contributed by atoms with Gasteiger partial charge in [0, 0.05) is 23.6 Å². The van der Waals surface area contributed by atoms with Crippen LogP contribution in [0, 0.1) is 0 Å². The molecular weight excluding hydrogens is 491 g/mol. The second kappa shape index (κ2) is 11.0. The van der Waals surface area contributed by atoms with Gasteiger partial charge in [-0.25, -0.2) is 0 Å². The number of benzene rings is 5. The van der Waals surface area contributed by atoms with Crippen LogP contribution < -0.4 is 15.9 Å². The zero-order valence-corrected chi connectivity index (χ0v) is 22.3. The molecule has 0 saturated heterocycles. The SMILES string of the molecule is O=C1C=C(c2ccccc2)C(=C=P(c2ccccc2)(c2ccccc2)c2ccccc2)C=C1c1ccccc1. The maximum atomic E-state index is 13.5. The maximum absolute atomic E-state index is 13.5.